The van der Waals surface area contributed by atoms with Crippen LogP contribution in [0.4, 0.5) is 0 Å². The maximum atomic E-state index is 13.1. The lowest BCUT2D eigenvalue weighted by molar-refractivity contribution is 0.0907. The van der Waals surface area contributed by atoms with Crippen molar-refractivity contribution in [2.75, 3.05) is 26.7 Å². The van der Waals surface area contributed by atoms with E-state index in [4.69, 9.17) is 9.15 Å². The van der Waals surface area contributed by atoms with Gasteiger partial charge in [0.1, 0.15) is 11.3 Å². The summed E-state index contributed by atoms with van der Waals surface area (Å²) in [4.78, 5) is 15.5. The van der Waals surface area contributed by atoms with Crippen LogP contribution in [0.15, 0.2) is 51.4 Å². The summed E-state index contributed by atoms with van der Waals surface area (Å²) in [7, 11) is 1.68. The molecule has 1 aliphatic heterocycles. The number of fused-ring (bicyclic) bond motifs is 1. The Morgan fingerprint density at radius 3 is 2.52 bits per heavy atom. The maximum absolute atomic E-state index is 13.1. The molecule has 1 fully saturated rings. The lowest BCUT2D eigenvalue weighted by Crippen LogP contribution is -2.38. The van der Waals surface area contributed by atoms with Crippen LogP contribution >= 0.6 is 15.9 Å². The van der Waals surface area contributed by atoms with Crippen LogP contribution in [0.3, 0.4) is 0 Å². The molecule has 0 radical (unpaired) electrons. The highest BCUT2D eigenvalue weighted by Gasteiger charge is 2.24. The number of carbonyl (C=O) groups is 1. The highest BCUT2D eigenvalue weighted by atomic mass is 79.9. The summed E-state index contributed by atoms with van der Waals surface area (Å²) in [5, 5.41) is 4.10. The SMILES string of the molecule is COc1ccc([C@@H](CNC(=O)c2oc3ccc(Br)cc3c2C)N2CCCCCC2)cc1. The first-order chi connectivity index (χ1) is 15.1. The third kappa shape index (κ3) is 4.96. The molecule has 5 nitrogen and oxygen atoms in total. The predicted octanol–water partition coefficient (Wildman–Crippen LogP) is 5.86. The van der Waals surface area contributed by atoms with E-state index >= 15 is 0 Å². The second-order valence-corrected chi connectivity index (χ2v) is 9.06. The van der Waals surface area contributed by atoms with Crippen molar-refractivity contribution in [1.29, 1.82) is 0 Å². The molecule has 0 bridgehead atoms. The van der Waals surface area contributed by atoms with E-state index < -0.39 is 0 Å². The third-order valence-electron chi connectivity index (χ3n) is 6.14. The van der Waals surface area contributed by atoms with Gasteiger partial charge in [-0.25, -0.2) is 0 Å². The molecule has 4 rings (SSSR count). The normalized spacial score (nSPS) is 16.1. The monoisotopic (exact) mass is 484 g/mol. The van der Waals surface area contributed by atoms with E-state index in [1.807, 2.05) is 37.3 Å². The minimum Gasteiger partial charge on any atom is -0.497 e. The lowest BCUT2D eigenvalue weighted by atomic mass is 10.0. The Bertz CT molecular complexity index is 1040. The van der Waals surface area contributed by atoms with Crippen LogP contribution in [0.25, 0.3) is 11.0 Å². The van der Waals surface area contributed by atoms with Crippen LogP contribution in [0.5, 0.6) is 5.75 Å². The number of nitrogens with zero attached hydrogens (tertiary/aromatic N) is 1. The zero-order chi connectivity index (χ0) is 21.8. The number of nitrogens with one attached hydrogen (secondary N) is 1. The van der Waals surface area contributed by atoms with Gasteiger partial charge in [0.15, 0.2) is 5.76 Å². The molecule has 3 aromatic rings. The number of amides is 1. The highest BCUT2D eigenvalue weighted by Crippen LogP contribution is 2.29. The van der Waals surface area contributed by atoms with Crippen LogP contribution in [0, 0.1) is 6.92 Å². The van der Waals surface area contributed by atoms with Crippen molar-refractivity contribution in [3.05, 3.63) is 63.8 Å². The topological polar surface area (TPSA) is 54.7 Å². The smallest absolute Gasteiger partial charge is 0.287 e. The summed E-state index contributed by atoms with van der Waals surface area (Å²) in [5.74, 6) is 1.06. The standard InChI is InChI=1S/C25H29BrN2O3/c1-17-21-15-19(26)9-12-23(21)31-24(17)25(29)27-16-22(28-13-5-3-4-6-14-28)18-7-10-20(30-2)11-8-18/h7-12,15,22H,3-6,13-14,16H2,1-2H3,(H,27,29)/t22-/m1/s1. The number of carbonyl (C=O) groups excluding carboxylic acids is 1. The number of methoxy groups -OCH3 is 1. The molecule has 31 heavy (non-hydrogen) atoms. The van der Waals surface area contributed by atoms with Gasteiger partial charge in [0.25, 0.3) is 5.91 Å². The fourth-order valence-electron chi connectivity index (χ4n) is 4.37. The molecule has 2 aromatic carbocycles. The van der Waals surface area contributed by atoms with E-state index in [0.717, 1.165) is 39.8 Å². The van der Waals surface area contributed by atoms with E-state index in [1.54, 1.807) is 7.11 Å². The van der Waals surface area contributed by atoms with Crippen LogP contribution in [-0.2, 0) is 0 Å². The number of benzene rings is 2. The molecule has 164 valence electrons. The number of hydrogen-bond acceptors (Lipinski definition) is 4. The Balaban J connectivity index is 1.55. The van der Waals surface area contributed by atoms with Crippen molar-refractivity contribution in [2.24, 2.45) is 0 Å². The Morgan fingerprint density at radius 1 is 1.13 bits per heavy atom. The van der Waals surface area contributed by atoms with Crippen LogP contribution in [-0.4, -0.2) is 37.6 Å². The Kier molecular flexibility index (Phi) is 6.98. The molecule has 1 aliphatic rings. The first-order valence-electron chi connectivity index (χ1n) is 10.9. The third-order valence-corrected chi connectivity index (χ3v) is 6.64. The van der Waals surface area contributed by atoms with Gasteiger partial charge in [-0.2, -0.15) is 0 Å². The van der Waals surface area contributed by atoms with Gasteiger partial charge in [-0.1, -0.05) is 40.9 Å². The van der Waals surface area contributed by atoms with Gasteiger partial charge in [0.2, 0.25) is 0 Å². The number of likely N-dealkylation sites (tertiary alicyclic amines) is 1. The fraction of sp³-hybridized carbons (Fsp3) is 0.400. The molecule has 1 aromatic heterocycles. The summed E-state index contributed by atoms with van der Waals surface area (Å²) in [6, 6.07) is 14.1. The zero-order valence-electron chi connectivity index (χ0n) is 18.1. The first-order valence-corrected chi connectivity index (χ1v) is 11.7. The Morgan fingerprint density at radius 2 is 1.84 bits per heavy atom. The second-order valence-electron chi connectivity index (χ2n) is 8.15. The van der Waals surface area contributed by atoms with E-state index in [1.165, 1.54) is 31.2 Å². The largest absolute Gasteiger partial charge is 0.497 e. The van der Waals surface area contributed by atoms with Crippen LogP contribution in [0.1, 0.15) is 53.4 Å². The van der Waals surface area contributed by atoms with E-state index in [9.17, 15) is 4.79 Å². The van der Waals surface area contributed by atoms with E-state index in [0.29, 0.717) is 12.3 Å². The van der Waals surface area contributed by atoms with E-state index in [-0.39, 0.29) is 11.9 Å². The lowest BCUT2D eigenvalue weighted by Gasteiger charge is -2.31. The number of halogens is 1. The quantitative estimate of drug-likeness (QED) is 0.475. The average molecular weight is 485 g/mol. The summed E-state index contributed by atoms with van der Waals surface area (Å²) in [6.07, 6.45) is 4.92. The number of aryl methyl sites for hydroxylation is 1. The molecule has 0 saturated carbocycles. The molecular weight excluding hydrogens is 456 g/mol. The van der Waals surface area contributed by atoms with Crippen molar-refractivity contribution in [2.45, 2.75) is 38.6 Å². The molecular formula is C25H29BrN2O3. The van der Waals surface area contributed by atoms with Gasteiger partial charge in [-0.3, -0.25) is 9.69 Å². The maximum Gasteiger partial charge on any atom is 0.287 e. The zero-order valence-corrected chi connectivity index (χ0v) is 19.7. The predicted molar refractivity (Wildman–Crippen MR) is 127 cm³/mol. The molecule has 0 aliphatic carbocycles. The molecule has 1 atom stereocenters. The molecule has 6 heteroatoms. The van der Waals surface area contributed by atoms with Gasteiger partial charge in [-0.15, -0.1) is 0 Å². The molecule has 0 spiro atoms. The van der Waals surface area contributed by atoms with Crippen molar-refractivity contribution < 1.29 is 13.9 Å². The minimum absolute atomic E-state index is 0.117. The minimum atomic E-state index is -0.168. The fourth-order valence-corrected chi connectivity index (χ4v) is 4.73. The van der Waals surface area contributed by atoms with E-state index in [2.05, 4.69) is 38.3 Å². The van der Waals surface area contributed by atoms with Gasteiger partial charge in [-0.05, 0) is 68.8 Å². The van der Waals surface area contributed by atoms with Crippen molar-refractivity contribution in [3.8, 4) is 5.75 Å². The second kappa shape index (κ2) is 9.88. The number of rotatable bonds is 6. The Hall–Kier alpha value is -2.31. The summed E-state index contributed by atoms with van der Waals surface area (Å²) >= 11 is 3.49. The van der Waals surface area contributed by atoms with Crippen molar-refractivity contribution in [3.63, 3.8) is 0 Å². The van der Waals surface area contributed by atoms with Gasteiger partial charge >= 0.3 is 0 Å². The molecule has 2 heterocycles. The molecule has 1 N–H and O–H groups in total. The Labute approximate surface area is 191 Å². The van der Waals surface area contributed by atoms with Gasteiger partial charge < -0.3 is 14.5 Å². The average Bonchev–Trinajstić information content (AvgIpc) is 2.95. The summed E-state index contributed by atoms with van der Waals surface area (Å²) in [5.41, 5.74) is 2.78. The summed E-state index contributed by atoms with van der Waals surface area (Å²) < 4.78 is 12.2. The number of ether oxygens (including phenoxy) is 1. The van der Waals surface area contributed by atoms with Gasteiger partial charge in [0.05, 0.1) is 13.2 Å². The van der Waals surface area contributed by atoms with Crippen LogP contribution < -0.4 is 10.1 Å². The molecule has 1 amide bonds. The van der Waals surface area contributed by atoms with Crippen molar-refractivity contribution in [1.82, 2.24) is 10.2 Å². The summed E-state index contributed by atoms with van der Waals surface area (Å²) in [6.45, 7) is 4.56. The first kappa shape index (κ1) is 21.9. The molecule has 0 unspecified atom stereocenters. The number of hydrogen-bond donors (Lipinski definition) is 1. The van der Waals surface area contributed by atoms with Crippen molar-refractivity contribution >= 4 is 32.8 Å². The number of furan rings is 1. The molecule has 1 saturated heterocycles. The van der Waals surface area contributed by atoms with Crippen LogP contribution in [0.2, 0.25) is 0 Å². The van der Waals surface area contributed by atoms with Gasteiger partial charge in [0, 0.05) is 22.0 Å². The highest BCUT2D eigenvalue weighted by molar-refractivity contribution is 9.10.